The topological polar surface area (TPSA) is 85.5 Å². The van der Waals surface area contributed by atoms with Crippen molar-refractivity contribution in [2.24, 2.45) is 0 Å². The summed E-state index contributed by atoms with van der Waals surface area (Å²) in [5.74, 6) is 0.463. The number of methoxy groups -OCH3 is 1. The lowest BCUT2D eigenvalue weighted by Crippen LogP contribution is -1.98. The Morgan fingerprint density at radius 2 is 2.26 bits per heavy atom. The summed E-state index contributed by atoms with van der Waals surface area (Å²) in [6, 6.07) is 5.62. The third kappa shape index (κ3) is 3.09. The van der Waals surface area contributed by atoms with E-state index in [1.807, 2.05) is 25.1 Å². The van der Waals surface area contributed by atoms with Gasteiger partial charge in [0.15, 0.2) is 5.82 Å². The van der Waals surface area contributed by atoms with E-state index in [1.165, 1.54) is 0 Å². The van der Waals surface area contributed by atoms with Gasteiger partial charge in [0.25, 0.3) is 5.89 Å². The van der Waals surface area contributed by atoms with Gasteiger partial charge >= 0.3 is 5.97 Å². The van der Waals surface area contributed by atoms with Crippen LogP contribution in [-0.4, -0.2) is 28.3 Å². The van der Waals surface area contributed by atoms with Gasteiger partial charge in [-0.05, 0) is 24.6 Å². The molecule has 0 atom stereocenters. The van der Waals surface area contributed by atoms with E-state index in [-0.39, 0.29) is 12.8 Å². The molecule has 0 radical (unpaired) electrons. The molecule has 0 amide bonds. The Morgan fingerprint density at radius 1 is 1.47 bits per heavy atom. The quantitative estimate of drug-likeness (QED) is 0.887. The lowest BCUT2D eigenvalue weighted by molar-refractivity contribution is -0.137. The molecule has 0 saturated heterocycles. The van der Waals surface area contributed by atoms with Gasteiger partial charge in [0.2, 0.25) is 0 Å². The summed E-state index contributed by atoms with van der Waals surface area (Å²) in [5.41, 5.74) is 1.76. The molecule has 0 spiro atoms. The van der Waals surface area contributed by atoms with E-state index in [0.29, 0.717) is 23.0 Å². The maximum Gasteiger partial charge on any atom is 0.303 e. The second-order valence-corrected chi connectivity index (χ2v) is 4.11. The van der Waals surface area contributed by atoms with Crippen LogP contribution in [0.5, 0.6) is 5.75 Å². The van der Waals surface area contributed by atoms with Crippen molar-refractivity contribution in [3.63, 3.8) is 0 Å². The molecule has 100 valence electrons. The molecule has 19 heavy (non-hydrogen) atoms. The van der Waals surface area contributed by atoms with Gasteiger partial charge in [0.05, 0.1) is 19.1 Å². The van der Waals surface area contributed by atoms with Gasteiger partial charge in [0.1, 0.15) is 5.75 Å². The van der Waals surface area contributed by atoms with Crippen LogP contribution in [-0.2, 0) is 11.2 Å². The number of rotatable bonds is 5. The van der Waals surface area contributed by atoms with Gasteiger partial charge in [-0.1, -0.05) is 11.2 Å². The molecule has 1 N–H and O–H groups in total. The summed E-state index contributed by atoms with van der Waals surface area (Å²) >= 11 is 0. The molecule has 6 heteroatoms. The second-order valence-electron chi connectivity index (χ2n) is 4.11. The van der Waals surface area contributed by atoms with Crippen LogP contribution in [0.15, 0.2) is 22.7 Å². The molecule has 2 rings (SSSR count). The number of benzene rings is 1. The fourth-order valence-electron chi connectivity index (χ4n) is 1.66. The molecule has 6 nitrogen and oxygen atoms in total. The van der Waals surface area contributed by atoms with Crippen molar-refractivity contribution in [2.75, 3.05) is 7.11 Å². The molecular formula is C13H14N2O4. The van der Waals surface area contributed by atoms with E-state index in [9.17, 15) is 4.79 Å². The van der Waals surface area contributed by atoms with Crippen LogP contribution in [0, 0.1) is 6.92 Å². The molecule has 0 fully saturated rings. The number of hydrogen-bond donors (Lipinski definition) is 1. The van der Waals surface area contributed by atoms with Crippen molar-refractivity contribution in [3.8, 4) is 17.2 Å². The minimum Gasteiger partial charge on any atom is -0.496 e. The van der Waals surface area contributed by atoms with Crippen molar-refractivity contribution in [3.05, 3.63) is 29.6 Å². The molecule has 1 heterocycles. The summed E-state index contributed by atoms with van der Waals surface area (Å²) in [6.07, 6.45) is 0.219. The van der Waals surface area contributed by atoms with Gasteiger partial charge in [0, 0.05) is 6.42 Å². The number of aryl methyl sites for hydroxylation is 2. The Labute approximate surface area is 110 Å². The second kappa shape index (κ2) is 5.51. The predicted octanol–water partition coefficient (Wildman–Crippen LogP) is 2.07. The van der Waals surface area contributed by atoms with E-state index >= 15 is 0 Å². The zero-order valence-electron chi connectivity index (χ0n) is 10.7. The maximum atomic E-state index is 10.5. The first-order valence-electron chi connectivity index (χ1n) is 5.79. The first kappa shape index (κ1) is 13.1. The number of carboxylic acids is 1. The Morgan fingerprint density at radius 3 is 2.95 bits per heavy atom. The molecular weight excluding hydrogens is 248 g/mol. The smallest absolute Gasteiger partial charge is 0.303 e. The van der Waals surface area contributed by atoms with Crippen LogP contribution in [0.4, 0.5) is 0 Å². The van der Waals surface area contributed by atoms with Gasteiger partial charge < -0.3 is 14.4 Å². The SMILES string of the molecule is COc1cc(C)ccc1-c1nc(CCC(=O)O)no1. The third-order valence-corrected chi connectivity index (χ3v) is 2.62. The Bertz CT molecular complexity index is 592. The van der Waals surface area contributed by atoms with E-state index in [1.54, 1.807) is 7.11 Å². The highest BCUT2D eigenvalue weighted by atomic mass is 16.5. The average Bonchev–Trinajstić information content (AvgIpc) is 2.84. The van der Waals surface area contributed by atoms with Crippen molar-refractivity contribution >= 4 is 5.97 Å². The first-order chi connectivity index (χ1) is 9.10. The molecule has 0 aliphatic rings. The van der Waals surface area contributed by atoms with Crippen molar-refractivity contribution in [2.45, 2.75) is 19.8 Å². The largest absolute Gasteiger partial charge is 0.496 e. The molecule has 0 aliphatic carbocycles. The minimum atomic E-state index is -0.890. The van der Waals surface area contributed by atoms with Gasteiger partial charge in [-0.25, -0.2) is 0 Å². The highest BCUT2D eigenvalue weighted by Crippen LogP contribution is 2.29. The lowest BCUT2D eigenvalue weighted by Gasteiger charge is -2.05. The van der Waals surface area contributed by atoms with Crippen molar-refractivity contribution < 1.29 is 19.2 Å². The Kier molecular flexibility index (Phi) is 3.79. The summed E-state index contributed by atoms with van der Waals surface area (Å²) < 4.78 is 10.4. The predicted molar refractivity (Wildman–Crippen MR) is 67.0 cm³/mol. The zero-order valence-corrected chi connectivity index (χ0v) is 10.7. The van der Waals surface area contributed by atoms with Crippen LogP contribution in [0.3, 0.4) is 0 Å². The molecule has 2 aromatic rings. The summed E-state index contributed by atoms with van der Waals surface area (Å²) in [5, 5.41) is 12.4. The molecule has 0 bridgehead atoms. The van der Waals surface area contributed by atoms with Crippen molar-refractivity contribution in [1.29, 1.82) is 0 Å². The van der Waals surface area contributed by atoms with E-state index < -0.39 is 5.97 Å². The normalized spacial score (nSPS) is 10.4. The van der Waals surface area contributed by atoms with Gasteiger partial charge in [-0.3, -0.25) is 4.79 Å². The summed E-state index contributed by atoms with van der Waals surface area (Å²) in [7, 11) is 1.57. The van der Waals surface area contributed by atoms with Crippen LogP contribution in [0.1, 0.15) is 17.8 Å². The summed E-state index contributed by atoms with van der Waals surface area (Å²) in [6.45, 7) is 1.96. The fourth-order valence-corrected chi connectivity index (χ4v) is 1.66. The highest BCUT2D eigenvalue weighted by Gasteiger charge is 2.14. The van der Waals surface area contributed by atoms with Crippen LogP contribution in [0.2, 0.25) is 0 Å². The average molecular weight is 262 g/mol. The van der Waals surface area contributed by atoms with Gasteiger partial charge in [-0.15, -0.1) is 0 Å². The number of carbonyl (C=O) groups is 1. The van der Waals surface area contributed by atoms with E-state index in [2.05, 4.69) is 10.1 Å². The monoisotopic (exact) mass is 262 g/mol. The highest BCUT2D eigenvalue weighted by molar-refractivity contribution is 5.67. The molecule has 1 aromatic carbocycles. The van der Waals surface area contributed by atoms with Crippen molar-refractivity contribution in [1.82, 2.24) is 10.1 Å². The Balaban J connectivity index is 2.25. The number of hydrogen-bond acceptors (Lipinski definition) is 5. The third-order valence-electron chi connectivity index (χ3n) is 2.62. The first-order valence-corrected chi connectivity index (χ1v) is 5.79. The van der Waals surface area contributed by atoms with Crippen LogP contribution < -0.4 is 4.74 Å². The molecule has 1 aromatic heterocycles. The Hall–Kier alpha value is -2.37. The number of aliphatic carboxylic acids is 1. The fraction of sp³-hybridized carbons (Fsp3) is 0.308. The summed E-state index contributed by atoms with van der Waals surface area (Å²) in [4.78, 5) is 14.7. The van der Waals surface area contributed by atoms with Gasteiger partial charge in [-0.2, -0.15) is 4.98 Å². The lowest BCUT2D eigenvalue weighted by atomic mass is 10.1. The number of ether oxygens (including phenoxy) is 1. The maximum absolute atomic E-state index is 10.5. The minimum absolute atomic E-state index is 0.0238. The number of aromatic nitrogens is 2. The molecule has 0 unspecified atom stereocenters. The molecule has 0 saturated carbocycles. The molecule has 0 aliphatic heterocycles. The van der Waals surface area contributed by atoms with Crippen LogP contribution in [0.25, 0.3) is 11.5 Å². The van der Waals surface area contributed by atoms with Crippen LogP contribution >= 0.6 is 0 Å². The zero-order chi connectivity index (χ0) is 13.8. The van der Waals surface area contributed by atoms with E-state index in [0.717, 1.165) is 5.56 Å². The van der Waals surface area contributed by atoms with E-state index in [4.69, 9.17) is 14.4 Å². The number of nitrogens with zero attached hydrogens (tertiary/aromatic N) is 2. The standard InChI is InChI=1S/C13H14N2O4/c1-8-3-4-9(10(7-8)18-2)13-14-11(15-19-13)5-6-12(16)17/h3-4,7H,5-6H2,1-2H3,(H,16,17). The number of carboxylic acid groups (broad SMARTS) is 1.